The molecule has 0 saturated heterocycles. The Balaban J connectivity index is 1.69. The first kappa shape index (κ1) is 17.3. The van der Waals surface area contributed by atoms with Gasteiger partial charge >= 0.3 is 5.97 Å². The Bertz CT molecular complexity index is 904. The molecule has 0 fully saturated rings. The zero-order chi connectivity index (χ0) is 18.5. The van der Waals surface area contributed by atoms with Crippen LogP contribution in [0.25, 0.3) is 0 Å². The van der Waals surface area contributed by atoms with Crippen LogP contribution in [-0.2, 0) is 11.2 Å². The number of hydrogen-bond donors (Lipinski definition) is 2. The van der Waals surface area contributed by atoms with Crippen LogP contribution < -0.4 is 5.32 Å². The number of rotatable bonds is 6. The fourth-order valence-electron chi connectivity index (χ4n) is 2.54. The van der Waals surface area contributed by atoms with Gasteiger partial charge in [0.25, 0.3) is 5.91 Å². The number of carbonyl (C=O) groups is 2. The van der Waals surface area contributed by atoms with Crippen LogP contribution in [0, 0.1) is 0 Å². The van der Waals surface area contributed by atoms with E-state index >= 15 is 0 Å². The van der Waals surface area contributed by atoms with Crippen molar-refractivity contribution in [2.45, 2.75) is 19.4 Å². The molecule has 2 aromatic heterocycles. The molecule has 1 unspecified atom stereocenters. The van der Waals surface area contributed by atoms with Gasteiger partial charge in [0, 0.05) is 24.3 Å². The molecule has 0 aliphatic rings. The van der Waals surface area contributed by atoms with E-state index in [0.29, 0.717) is 5.69 Å². The summed E-state index contributed by atoms with van der Waals surface area (Å²) < 4.78 is 1.19. The minimum Gasteiger partial charge on any atom is -0.480 e. The summed E-state index contributed by atoms with van der Waals surface area (Å²) in [6, 6.07) is 12.0. The van der Waals surface area contributed by atoms with E-state index in [1.165, 1.54) is 23.9 Å². The van der Waals surface area contributed by atoms with Crippen molar-refractivity contribution in [1.29, 1.82) is 0 Å². The number of carbonyl (C=O) groups excluding carboxylic acids is 1. The van der Waals surface area contributed by atoms with Gasteiger partial charge in [-0.25, -0.2) is 9.48 Å². The molecule has 7 heteroatoms. The first-order chi connectivity index (χ1) is 12.5. The first-order valence-corrected chi connectivity index (χ1v) is 8.10. The van der Waals surface area contributed by atoms with Crippen LogP contribution in [0.4, 0.5) is 5.69 Å². The summed E-state index contributed by atoms with van der Waals surface area (Å²) in [6.45, 7) is 1.47. The van der Waals surface area contributed by atoms with E-state index in [1.807, 2.05) is 36.4 Å². The lowest BCUT2D eigenvalue weighted by Gasteiger charge is -2.12. The molecule has 1 amide bonds. The van der Waals surface area contributed by atoms with Gasteiger partial charge in [-0.2, -0.15) is 5.10 Å². The number of nitrogens with zero attached hydrogens (tertiary/aromatic N) is 3. The summed E-state index contributed by atoms with van der Waals surface area (Å²) in [6.07, 6.45) is 5.70. The van der Waals surface area contributed by atoms with E-state index in [9.17, 15) is 9.59 Å². The quantitative estimate of drug-likeness (QED) is 0.712. The lowest BCUT2D eigenvalue weighted by molar-refractivity contribution is -0.140. The van der Waals surface area contributed by atoms with E-state index in [0.717, 1.165) is 17.5 Å². The third-order valence-corrected chi connectivity index (χ3v) is 4.00. The van der Waals surface area contributed by atoms with Crippen LogP contribution in [-0.4, -0.2) is 31.7 Å². The largest absolute Gasteiger partial charge is 0.480 e. The Kier molecular flexibility index (Phi) is 5.07. The third-order valence-electron chi connectivity index (χ3n) is 4.00. The fraction of sp³-hybridized carbons (Fsp3) is 0.158. The lowest BCUT2D eigenvalue weighted by Crippen LogP contribution is -2.24. The van der Waals surface area contributed by atoms with Crippen molar-refractivity contribution in [1.82, 2.24) is 14.8 Å². The standard InChI is InChI=1S/C19H18N4O3/c1-13(19(25)26)23-17(8-11-21-23)18(24)22-16-4-2-14(3-5-16)12-15-6-9-20-10-7-15/h2-11,13H,12H2,1H3,(H,22,24)(H,25,26). The maximum absolute atomic E-state index is 12.4. The van der Waals surface area contributed by atoms with Crippen molar-refractivity contribution in [3.8, 4) is 0 Å². The van der Waals surface area contributed by atoms with E-state index in [4.69, 9.17) is 5.11 Å². The normalized spacial score (nSPS) is 11.7. The predicted molar refractivity (Wildman–Crippen MR) is 96.0 cm³/mol. The van der Waals surface area contributed by atoms with Crippen molar-refractivity contribution in [3.63, 3.8) is 0 Å². The maximum Gasteiger partial charge on any atom is 0.328 e. The summed E-state index contributed by atoms with van der Waals surface area (Å²) in [5, 5.41) is 15.8. The van der Waals surface area contributed by atoms with Crippen LogP contribution in [0.15, 0.2) is 61.1 Å². The molecule has 1 atom stereocenters. The minimum atomic E-state index is -1.05. The highest BCUT2D eigenvalue weighted by atomic mass is 16.4. The zero-order valence-corrected chi connectivity index (χ0v) is 14.2. The highest BCUT2D eigenvalue weighted by Gasteiger charge is 2.21. The molecule has 3 rings (SSSR count). The van der Waals surface area contributed by atoms with Crippen molar-refractivity contribution >= 4 is 17.6 Å². The molecule has 7 nitrogen and oxygen atoms in total. The molecule has 2 heterocycles. The van der Waals surface area contributed by atoms with Gasteiger partial charge in [0.1, 0.15) is 11.7 Å². The van der Waals surface area contributed by atoms with Crippen molar-refractivity contribution in [3.05, 3.63) is 77.9 Å². The number of anilines is 1. The Labute approximate surface area is 150 Å². The molecule has 0 aliphatic heterocycles. The van der Waals surface area contributed by atoms with Gasteiger partial charge in [-0.05, 0) is 54.8 Å². The van der Waals surface area contributed by atoms with Gasteiger partial charge in [0.05, 0.1) is 0 Å². The Morgan fingerprint density at radius 3 is 2.35 bits per heavy atom. The van der Waals surface area contributed by atoms with Crippen LogP contribution in [0.2, 0.25) is 0 Å². The van der Waals surface area contributed by atoms with Crippen LogP contribution in [0.5, 0.6) is 0 Å². The summed E-state index contributed by atoms with van der Waals surface area (Å²) in [5.74, 6) is -1.46. The van der Waals surface area contributed by atoms with Gasteiger partial charge in [-0.1, -0.05) is 12.1 Å². The molecule has 0 radical (unpaired) electrons. The number of aliphatic carboxylic acids is 1. The molecule has 3 aromatic rings. The summed E-state index contributed by atoms with van der Waals surface area (Å²) >= 11 is 0. The zero-order valence-electron chi connectivity index (χ0n) is 14.2. The number of carboxylic acids is 1. The number of hydrogen-bond acceptors (Lipinski definition) is 4. The van der Waals surface area contributed by atoms with E-state index in [-0.39, 0.29) is 5.69 Å². The second kappa shape index (κ2) is 7.60. The molecule has 0 spiro atoms. The number of pyridine rings is 1. The van der Waals surface area contributed by atoms with Gasteiger partial charge in [0.2, 0.25) is 0 Å². The van der Waals surface area contributed by atoms with Gasteiger partial charge in [0.15, 0.2) is 0 Å². The molecular weight excluding hydrogens is 332 g/mol. The second-order valence-electron chi connectivity index (χ2n) is 5.86. The first-order valence-electron chi connectivity index (χ1n) is 8.10. The smallest absolute Gasteiger partial charge is 0.328 e. The van der Waals surface area contributed by atoms with Gasteiger partial charge in [-0.3, -0.25) is 9.78 Å². The van der Waals surface area contributed by atoms with Crippen molar-refractivity contribution < 1.29 is 14.7 Å². The highest BCUT2D eigenvalue weighted by molar-refractivity contribution is 6.03. The lowest BCUT2D eigenvalue weighted by atomic mass is 10.1. The average molecular weight is 350 g/mol. The highest BCUT2D eigenvalue weighted by Crippen LogP contribution is 2.15. The third kappa shape index (κ3) is 3.94. The van der Waals surface area contributed by atoms with Crippen LogP contribution in [0.3, 0.4) is 0 Å². The number of aromatic nitrogens is 3. The molecule has 2 N–H and O–H groups in total. The van der Waals surface area contributed by atoms with Crippen LogP contribution in [0.1, 0.15) is 34.6 Å². The predicted octanol–water partition coefficient (Wildman–Crippen LogP) is 2.77. The number of nitrogens with one attached hydrogen (secondary N) is 1. The van der Waals surface area contributed by atoms with E-state index in [1.54, 1.807) is 12.4 Å². The van der Waals surface area contributed by atoms with Crippen molar-refractivity contribution in [2.24, 2.45) is 0 Å². The molecule has 0 bridgehead atoms. The molecule has 0 aliphatic carbocycles. The second-order valence-corrected chi connectivity index (χ2v) is 5.86. The Hall–Kier alpha value is -3.48. The Morgan fingerprint density at radius 2 is 1.69 bits per heavy atom. The minimum absolute atomic E-state index is 0.195. The van der Waals surface area contributed by atoms with Gasteiger partial charge in [-0.15, -0.1) is 0 Å². The molecule has 132 valence electrons. The van der Waals surface area contributed by atoms with Crippen molar-refractivity contribution in [2.75, 3.05) is 5.32 Å². The summed E-state index contributed by atoms with van der Waals surface area (Å²) in [5.41, 5.74) is 3.09. The number of carboxylic acid groups (broad SMARTS) is 1. The average Bonchev–Trinajstić information content (AvgIpc) is 3.13. The maximum atomic E-state index is 12.4. The van der Waals surface area contributed by atoms with Gasteiger partial charge < -0.3 is 10.4 Å². The fourth-order valence-corrected chi connectivity index (χ4v) is 2.54. The summed E-state index contributed by atoms with van der Waals surface area (Å²) in [4.78, 5) is 27.5. The summed E-state index contributed by atoms with van der Waals surface area (Å²) in [7, 11) is 0. The topological polar surface area (TPSA) is 97.1 Å². The molecule has 26 heavy (non-hydrogen) atoms. The van der Waals surface area contributed by atoms with E-state index in [2.05, 4.69) is 15.4 Å². The molecular formula is C19H18N4O3. The number of benzene rings is 1. The monoisotopic (exact) mass is 350 g/mol. The van der Waals surface area contributed by atoms with E-state index < -0.39 is 17.9 Å². The Morgan fingerprint density at radius 1 is 1.04 bits per heavy atom. The molecule has 1 aromatic carbocycles. The molecule has 0 saturated carbocycles. The van der Waals surface area contributed by atoms with Crippen LogP contribution >= 0.6 is 0 Å². The SMILES string of the molecule is CC(C(=O)O)n1nccc1C(=O)Nc1ccc(Cc2ccncc2)cc1. The number of amides is 1.